The van der Waals surface area contributed by atoms with Gasteiger partial charge < -0.3 is 0 Å². The molecule has 1 aliphatic carbocycles. The highest BCUT2D eigenvalue weighted by atomic mass is 14.5. The zero-order valence-electron chi connectivity index (χ0n) is 16.8. The molecule has 0 spiro atoms. The van der Waals surface area contributed by atoms with Crippen LogP contribution in [0.4, 0.5) is 0 Å². The fraction of sp³-hybridized carbons (Fsp3) is 0.214. The van der Waals surface area contributed by atoms with Crippen molar-refractivity contribution in [1.29, 1.82) is 0 Å². The Morgan fingerprint density at radius 3 is 1.54 bits per heavy atom. The summed E-state index contributed by atoms with van der Waals surface area (Å²) < 4.78 is 0. The van der Waals surface area contributed by atoms with Crippen molar-refractivity contribution < 1.29 is 0 Å². The second-order valence-electron chi connectivity index (χ2n) is 7.74. The van der Waals surface area contributed by atoms with Gasteiger partial charge in [-0.3, -0.25) is 0 Å². The molecule has 28 heavy (non-hydrogen) atoms. The van der Waals surface area contributed by atoms with Crippen LogP contribution in [-0.2, 0) is 5.41 Å². The first-order valence-corrected chi connectivity index (χ1v) is 10.3. The van der Waals surface area contributed by atoms with Crippen molar-refractivity contribution in [3.8, 4) is 0 Å². The highest BCUT2D eigenvalue weighted by molar-refractivity contribution is 5.56. The molecular weight excluding hydrogens is 336 g/mol. The van der Waals surface area contributed by atoms with Gasteiger partial charge in [-0.1, -0.05) is 129 Å². The molecule has 4 rings (SSSR count). The van der Waals surface area contributed by atoms with Crippen LogP contribution in [0.15, 0.2) is 115 Å². The Balaban J connectivity index is 2.05. The van der Waals surface area contributed by atoms with Crippen LogP contribution in [-0.4, -0.2) is 0 Å². The third-order valence-corrected chi connectivity index (χ3v) is 6.29. The Kier molecular flexibility index (Phi) is 5.30. The molecule has 2 unspecified atom stereocenters. The van der Waals surface area contributed by atoms with Crippen molar-refractivity contribution in [2.45, 2.75) is 25.7 Å². The number of allylic oxidation sites excluding steroid dienone is 4. The summed E-state index contributed by atoms with van der Waals surface area (Å²) in [4.78, 5) is 0. The molecule has 0 saturated carbocycles. The lowest BCUT2D eigenvalue weighted by Crippen LogP contribution is -2.38. The van der Waals surface area contributed by atoms with E-state index in [1.807, 2.05) is 0 Å². The molecule has 0 fully saturated rings. The molecule has 2 atom stereocenters. The highest BCUT2D eigenvalue weighted by Gasteiger charge is 2.45. The number of hydrogen-bond donors (Lipinski definition) is 0. The van der Waals surface area contributed by atoms with Gasteiger partial charge in [0.15, 0.2) is 0 Å². The summed E-state index contributed by atoms with van der Waals surface area (Å²) in [5.41, 5.74) is 5.32. The summed E-state index contributed by atoms with van der Waals surface area (Å²) in [6.07, 6.45) is 8.17. The minimum atomic E-state index is -0.244. The van der Waals surface area contributed by atoms with Crippen LogP contribution >= 0.6 is 0 Å². The summed E-state index contributed by atoms with van der Waals surface area (Å²) in [7, 11) is 0. The lowest BCUT2D eigenvalue weighted by atomic mass is 9.59. The minimum absolute atomic E-state index is 0.244. The van der Waals surface area contributed by atoms with Gasteiger partial charge in [-0.2, -0.15) is 0 Å². The van der Waals surface area contributed by atoms with Crippen LogP contribution in [0.1, 0.15) is 37.0 Å². The zero-order valence-corrected chi connectivity index (χ0v) is 16.8. The Bertz CT molecular complexity index is 852. The van der Waals surface area contributed by atoms with Gasteiger partial charge >= 0.3 is 0 Å². The second-order valence-corrected chi connectivity index (χ2v) is 7.74. The van der Waals surface area contributed by atoms with E-state index in [0.29, 0.717) is 11.8 Å². The molecule has 0 N–H and O–H groups in total. The molecule has 0 radical (unpaired) electrons. The molecule has 3 aromatic carbocycles. The second kappa shape index (κ2) is 8.02. The molecule has 0 aromatic heterocycles. The number of rotatable bonds is 6. The topological polar surface area (TPSA) is 0 Å². The first-order valence-electron chi connectivity index (χ1n) is 10.3. The maximum absolute atomic E-state index is 2.41. The minimum Gasteiger partial charge on any atom is -0.0758 e. The molecule has 0 heteroatoms. The predicted octanol–water partition coefficient (Wildman–Crippen LogP) is 7.18. The average molecular weight is 365 g/mol. The van der Waals surface area contributed by atoms with Crippen LogP contribution < -0.4 is 0 Å². The van der Waals surface area contributed by atoms with Crippen LogP contribution in [0, 0.1) is 11.8 Å². The largest absolute Gasteiger partial charge is 0.0758 e. The molecule has 3 aromatic rings. The van der Waals surface area contributed by atoms with Gasteiger partial charge in [0.05, 0.1) is 5.41 Å². The summed E-state index contributed by atoms with van der Waals surface area (Å²) in [6, 6.07) is 33.1. The van der Waals surface area contributed by atoms with E-state index in [0.717, 1.165) is 6.42 Å². The third-order valence-electron chi connectivity index (χ3n) is 6.29. The molecule has 0 bridgehead atoms. The molecule has 0 heterocycles. The van der Waals surface area contributed by atoms with E-state index in [1.54, 1.807) is 0 Å². The van der Waals surface area contributed by atoms with Crippen molar-refractivity contribution in [1.82, 2.24) is 0 Å². The van der Waals surface area contributed by atoms with Gasteiger partial charge in [0, 0.05) is 5.92 Å². The van der Waals surface area contributed by atoms with E-state index < -0.39 is 0 Å². The van der Waals surface area contributed by atoms with Gasteiger partial charge in [-0.25, -0.2) is 0 Å². The molecule has 140 valence electrons. The fourth-order valence-electron chi connectivity index (χ4n) is 4.74. The summed E-state index contributed by atoms with van der Waals surface area (Å²) in [5.74, 6) is 0.852. The summed E-state index contributed by atoms with van der Waals surface area (Å²) in [6.45, 7) is 4.65. The van der Waals surface area contributed by atoms with Crippen molar-refractivity contribution in [3.05, 3.63) is 131 Å². The quantitative estimate of drug-likeness (QED) is 0.406. The van der Waals surface area contributed by atoms with Crippen molar-refractivity contribution in [2.24, 2.45) is 11.8 Å². The van der Waals surface area contributed by atoms with Crippen LogP contribution in [0.5, 0.6) is 0 Å². The molecule has 0 aliphatic heterocycles. The Hall–Kier alpha value is -2.86. The monoisotopic (exact) mass is 364 g/mol. The standard InChI is InChI=1S/C28H28/c1-3-22(2)26-20-13-21-27(26)28(23-14-7-4-8-15-23,24-16-9-5-10-17-24)25-18-11-6-12-19-25/h4-22,27H,3H2,1-2H3. The Labute approximate surface area is 169 Å². The van der Waals surface area contributed by atoms with Crippen LogP contribution in [0.3, 0.4) is 0 Å². The lowest BCUT2D eigenvalue weighted by molar-refractivity contribution is 0.457. The maximum atomic E-state index is 2.41. The van der Waals surface area contributed by atoms with E-state index in [9.17, 15) is 0 Å². The molecule has 0 saturated heterocycles. The number of hydrogen-bond acceptors (Lipinski definition) is 0. The summed E-state index contributed by atoms with van der Waals surface area (Å²) in [5, 5.41) is 0. The normalized spacial score (nSPS) is 17.4. The van der Waals surface area contributed by atoms with Gasteiger partial charge in [0.2, 0.25) is 0 Å². The SMILES string of the molecule is CCC(C)C1=CC=CC1C(c1ccccc1)(c1ccccc1)c1ccccc1. The highest BCUT2D eigenvalue weighted by Crippen LogP contribution is 2.51. The Morgan fingerprint density at radius 2 is 1.14 bits per heavy atom. The predicted molar refractivity (Wildman–Crippen MR) is 119 cm³/mol. The Morgan fingerprint density at radius 1 is 0.714 bits per heavy atom. The molecule has 0 amide bonds. The van der Waals surface area contributed by atoms with E-state index in [4.69, 9.17) is 0 Å². The third kappa shape index (κ3) is 3.03. The zero-order chi connectivity index (χ0) is 19.4. The van der Waals surface area contributed by atoms with E-state index >= 15 is 0 Å². The van der Waals surface area contributed by atoms with Gasteiger partial charge in [-0.15, -0.1) is 0 Å². The van der Waals surface area contributed by atoms with Crippen molar-refractivity contribution in [2.75, 3.05) is 0 Å². The van der Waals surface area contributed by atoms with Crippen LogP contribution in [0.25, 0.3) is 0 Å². The van der Waals surface area contributed by atoms with Crippen molar-refractivity contribution in [3.63, 3.8) is 0 Å². The molecular formula is C28H28. The van der Waals surface area contributed by atoms with Gasteiger partial charge in [0.1, 0.15) is 0 Å². The summed E-state index contributed by atoms with van der Waals surface area (Å²) >= 11 is 0. The van der Waals surface area contributed by atoms with E-state index in [2.05, 4.69) is 123 Å². The van der Waals surface area contributed by atoms with E-state index in [1.165, 1.54) is 22.3 Å². The molecule has 1 aliphatic rings. The fourth-order valence-corrected chi connectivity index (χ4v) is 4.74. The molecule has 0 nitrogen and oxygen atoms in total. The van der Waals surface area contributed by atoms with Gasteiger partial charge in [-0.05, 0) is 29.0 Å². The number of benzene rings is 3. The van der Waals surface area contributed by atoms with E-state index in [-0.39, 0.29) is 5.41 Å². The smallest absolute Gasteiger partial charge is 0.0551 e. The van der Waals surface area contributed by atoms with Crippen LogP contribution in [0.2, 0.25) is 0 Å². The van der Waals surface area contributed by atoms with Crippen molar-refractivity contribution >= 4 is 0 Å². The van der Waals surface area contributed by atoms with Gasteiger partial charge in [0.25, 0.3) is 0 Å². The lowest BCUT2D eigenvalue weighted by Gasteiger charge is -2.43. The maximum Gasteiger partial charge on any atom is 0.0551 e. The first kappa shape index (κ1) is 18.5. The first-order chi connectivity index (χ1) is 13.8. The average Bonchev–Trinajstić information content (AvgIpc) is 3.26.